The van der Waals surface area contributed by atoms with Crippen LogP contribution in [0.2, 0.25) is 5.15 Å². The topological polar surface area (TPSA) is 56.6 Å². The Morgan fingerprint density at radius 1 is 1.44 bits per heavy atom. The summed E-state index contributed by atoms with van der Waals surface area (Å²) in [5.74, 6) is 1.98. The Balaban J connectivity index is 1.84. The molecule has 0 N–H and O–H groups in total. The van der Waals surface area contributed by atoms with Gasteiger partial charge in [0, 0.05) is 18.3 Å². The second kappa shape index (κ2) is 7.11. The highest BCUT2D eigenvalue weighted by atomic mass is 35.5. The number of hydrogen-bond donors (Lipinski definition) is 0. The molecule has 1 fully saturated rings. The fraction of sp³-hybridized carbons (Fsp3) is 0.474. The van der Waals surface area contributed by atoms with Gasteiger partial charge in [0.25, 0.3) is 5.56 Å². The van der Waals surface area contributed by atoms with Crippen LogP contribution in [0.4, 0.5) is 11.5 Å². The monoisotopic (exact) mass is 385 g/mol. The van der Waals surface area contributed by atoms with E-state index in [0.717, 1.165) is 19.3 Å². The maximum atomic E-state index is 13.3. The summed E-state index contributed by atoms with van der Waals surface area (Å²) in [5, 5.41) is 0.295. The standard InChI is InChI=1S/C19H21BClN3O3/c1-3-14(11-4-5-11)24-10-16(21)22-18(19(24)25)23-6-7-27-15-9-12(26-2)8-13(20)17(15)23/h8-11,14H,3-7H2,1-2H3/t14-/m1/s1. The van der Waals surface area contributed by atoms with Crippen molar-refractivity contribution in [3.63, 3.8) is 0 Å². The molecule has 1 saturated carbocycles. The van der Waals surface area contributed by atoms with Gasteiger partial charge in [0.1, 0.15) is 31.1 Å². The summed E-state index contributed by atoms with van der Waals surface area (Å²) >= 11 is 6.30. The SMILES string of the molecule is [B]c1cc(OC)cc2c1N(c1nc(Cl)cn([C@H](CC)C3CC3)c1=O)CCO2. The van der Waals surface area contributed by atoms with E-state index in [0.29, 0.717) is 46.9 Å². The first kappa shape index (κ1) is 18.2. The van der Waals surface area contributed by atoms with E-state index in [4.69, 9.17) is 28.9 Å². The molecular weight excluding hydrogens is 364 g/mol. The molecule has 8 heteroatoms. The second-order valence-corrected chi connectivity index (χ2v) is 7.36. The Morgan fingerprint density at radius 3 is 2.89 bits per heavy atom. The Hall–Kier alpha value is -2.15. The summed E-state index contributed by atoms with van der Waals surface area (Å²) in [5.41, 5.74) is 0.937. The lowest BCUT2D eigenvalue weighted by atomic mass is 9.92. The molecule has 6 nitrogen and oxygen atoms in total. The van der Waals surface area contributed by atoms with Crippen molar-refractivity contribution in [1.29, 1.82) is 0 Å². The van der Waals surface area contributed by atoms with Gasteiger partial charge < -0.3 is 18.9 Å². The number of nitrogens with zero attached hydrogens (tertiary/aromatic N) is 3. The minimum absolute atomic E-state index is 0.144. The summed E-state index contributed by atoms with van der Waals surface area (Å²) in [7, 11) is 7.82. The van der Waals surface area contributed by atoms with E-state index >= 15 is 0 Å². The van der Waals surface area contributed by atoms with Crippen molar-refractivity contribution in [2.24, 2.45) is 5.92 Å². The molecule has 2 heterocycles. The average Bonchev–Trinajstić information content (AvgIpc) is 3.49. The van der Waals surface area contributed by atoms with Crippen molar-refractivity contribution < 1.29 is 9.47 Å². The van der Waals surface area contributed by atoms with Crippen molar-refractivity contribution >= 4 is 36.4 Å². The summed E-state index contributed by atoms with van der Waals surface area (Å²) in [4.78, 5) is 19.4. The van der Waals surface area contributed by atoms with Crippen LogP contribution in [0.1, 0.15) is 32.2 Å². The van der Waals surface area contributed by atoms with Gasteiger partial charge in [-0.3, -0.25) is 4.79 Å². The van der Waals surface area contributed by atoms with Crippen molar-refractivity contribution in [2.45, 2.75) is 32.2 Å². The molecule has 1 aromatic carbocycles. The molecule has 2 aromatic rings. The number of aromatic nitrogens is 2. The fourth-order valence-electron chi connectivity index (χ4n) is 3.82. The van der Waals surface area contributed by atoms with E-state index in [2.05, 4.69) is 11.9 Å². The van der Waals surface area contributed by atoms with Crippen molar-refractivity contribution in [1.82, 2.24) is 9.55 Å². The smallest absolute Gasteiger partial charge is 0.294 e. The number of fused-ring (bicyclic) bond motifs is 1. The number of anilines is 2. The predicted octanol–water partition coefficient (Wildman–Crippen LogP) is 2.59. The molecule has 0 unspecified atom stereocenters. The van der Waals surface area contributed by atoms with Gasteiger partial charge >= 0.3 is 0 Å². The van der Waals surface area contributed by atoms with E-state index in [1.54, 1.807) is 34.9 Å². The Labute approximate surface area is 164 Å². The number of benzene rings is 1. The van der Waals surface area contributed by atoms with Gasteiger partial charge in [-0.2, -0.15) is 0 Å². The minimum atomic E-state index is -0.152. The van der Waals surface area contributed by atoms with Gasteiger partial charge in [0.2, 0.25) is 5.82 Å². The highest BCUT2D eigenvalue weighted by Gasteiger charge is 2.33. The molecule has 2 aliphatic rings. The number of methoxy groups -OCH3 is 1. The van der Waals surface area contributed by atoms with E-state index in [9.17, 15) is 4.79 Å². The first-order valence-electron chi connectivity index (χ1n) is 9.20. The zero-order valence-corrected chi connectivity index (χ0v) is 16.2. The second-order valence-electron chi connectivity index (χ2n) is 6.98. The third-order valence-corrected chi connectivity index (χ3v) is 5.42. The predicted molar refractivity (Wildman–Crippen MR) is 106 cm³/mol. The Bertz CT molecular complexity index is 929. The van der Waals surface area contributed by atoms with Crippen molar-refractivity contribution in [3.8, 4) is 11.5 Å². The fourth-order valence-corrected chi connectivity index (χ4v) is 4.00. The molecule has 0 bridgehead atoms. The van der Waals surface area contributed by atoms with Crippen molar-refractivity contribution in [2.75, 3.05) is 25.2 Å². The lowest BCUT2D eigenvalue weighted by molar-refractivity contribution is 0.311. The maximum Gasteiger partial charge on any atom is 0.294 e. The molecule has 1 aliphatic heterocycles. The number of rotatable bonds is 5. The molecule has 0 spiro atoms. The normalized spacial score (nSPS) is 17.2. The zero-order valence-electron chi connectivity index (χ0n) is 15.4. The number of hydrogen-bond acceptors (Lipinski definition) is 5. The quantitative estimate of drug-likeness (QED) is 0.741. The summed E-state index contributed by atoms with van der Waals surface area (Å²) in [6, 6.07) is 3.62. The van der Waals surface area contributed by atoms with Gasteiger partial charge in [-0.25, -0.2) is 4.98 Å². The van der Waals surface area contributed by atoms with Crippen LogP contribution in [0.15, 0.2) is 23.1 Å². The highest BCUT2D eigenvalue weighted by molar-refractivity contribution is 6.37. The Kier molecular flexibility index (Phi) is 4.80. The molecule has 2 radical (unpaired) electrons. The van der Waals surface area contributed by atoms with Crippen LogP contribution in [0.3, 0.4) is 0 Å². The van der Waals surface area contributed by atoms with Gasteiger partial charge in [0.15, 0.2) is 0 Å². The van der Waals surface area contributed by atoms with E-state index in [-0.39, 0.29) is 17.4 Å². The van der Waals surface area contributed by atoms with Crippen LogP contribution in [0, 0.1) is 5.92 Å². The summed E-state index contributed by atoms with van der Waals surface area (Å²) in [6.45, 7) is 2.97. The first-order chi connectivity index (χ1) is 13.0. The van der Waals surface area contributed by atoms with Crippen LogP contribution in [0.25, 0.3) is 0 Å². The van der Waals surface area contributed by atoms with Crippen molar-refractivity contribution in [3.05, 3.63) is 33.8 Å². The number of halogens is 1. The maximum absolute atomic E-state index is 13.3. The molecular formula is C19H21BClN3O3. The van der Waals surface area contributed by atoms with Gasteiger partial charge in [-0.1, -0.05) is 24.0 Å². The van der Waals surface area contributed by atoms with E-state index in [1.807, 2.05) is 0 Å². The minimum Gasteiger partial charge on any atom is -0.497 e. The summed E-state index contributed by atoms with van der Waals surface area (Å²) in [6.07, 6.45) is 4.82. The van der Waals surface area contributed by atoms with Crippen LogP contribution in [0.5, 0.6) is 11.5 Å². The van der Waals surface area contributed by atoms with Crippen LogP contribution >= 0.6 is 11.6 Å². The van der Waals surface area contributed by atoms with Gasteiger partial charge in [-0.15, -0.1) is 0 Å². The lowest BCUT2D eigenvalue weighted by Crippen LogP contribution is -2.39. The molecule has 1 aliphatic carbocycles. The molecule has 1 atom stereocenters. The largest absolute Gasteiger partial charge is 0.497 e. The molecule has 1 aromatic heterocycles. The van der Waals surface area contributed by atoms with Crippen LogP contribution in [-0.2, 0) is 0 Å². The Morgan fingerprint density at radius 2 is 2.22 bits per heavy atom. The molecule has 0 saturated heterocycles. The molecule has 4 rings (SSSR count). The lowest BCUT2D eigenvalue weighted by Gasteiger charge is -2.32. The number of ether oxygens (including phenoxy) is 2. The molecule has 27 heavy (non-hydrogen) atoms. The average molecular weight is 386 g/mol. The van der Waals surface area contributed by atoms with E-state index in [1.165, 1.54) is 0 Å². The molecule has 0 amide bonds. The van der Waals surface area contributed by atoms with Crippen LogP contribution in [-0.4, -0.2) is 37.7 Å². The van der Waals surface area contributed by atoms with Crippen LogP contribution < -0.4 is 25.4 Å². The third kappa shape index (κ3) is 3.29. The van der Waals surface area contributed by atoms with Gasteiger partial charge in [0.05, 0.1) is 19.3 Å². The first-order valence-corrected chi connectivity index (χ1v) is 9.57. The molecule has 140 valence electrons. The van der Waals surface area contributed by atoms with E-state index < -0.39 is 0 Å². The zero-order chi connectivity index (χ0) is 19.1. The summed E-state index contributed by atoms with van der Waals surface area (Å²) < 4.78 is 12.8. The highest BCUT2D eigenvalue weighted by Crippen LogP contribution is 2.41. The van der Waals surface area contributed by atoms with Gasteiger partial charge in [-0.05, 0) is 31.2 Å². The third-order valence-electron chi connectivity index (χ3n) is 5.24.